The van der Waals surface area contributed by atoms with Crippen molar-refractivity contribution in [2.75, 3.05) is 0 Å². The van der Waals surface area contributed by atoms with Crippen LogP contribution in [0, 0.1) is 10.1 Å². The third-order valence-corrected chi connectivity index (χ3v) is 2.20. The van der Waals surface area contributed by atoms with Gasteiger partial charge >= 0.3 is 5.88 Å². The van der Waals surface area contributed by atoms with E-state index in [1.807, 2.05) is 0 Å². The Morgan fingerprint density at radius 2 is 2.38 bits per heavy atom. The van der Waals surface area contributed by atoms with Crippen LogP contribution in [-0.4, -0.2) is 9.91 Å². The molecule has 2 rings (SSSR count). The molecule has 0 aromatic carbocycles. The van der Waals surface area contributed by atoms with E-state index in [1.54, 1.807) is 11.6 Å². The van der Waals surface area contributed by atoms with Crippen LogP contribution in [0.5, 0.6) is 0 Å². The first-order chi connectivity index (χ1) is 6.27. The maximum atomic E-state index is 10.3. The molecule has 2 heterocycles. The van der Waals surface area contributed by atoms with Crippen LogP contribution in [-0.2, 0) is 0 Å². The number of hydrogen-bond donors (Lipinski definition) is 0. The summed E-state index contributed by atoms with van der Waals surface area (Å²) >= 11 is 1.37. The molecule has 2 aromatic heterocycles. The van der Waals surface area contributed by atoms with Crippen molar-refractivity contribution in [3.63, 3.8) is 0 Å². The first-order valence-corrected chi connectivity index (χ1v) is 4.29. The minimum absolute atomic E-state index is 0.259. The van der Waals surface area contributed by atoms with E-state index in [9.17, 15) is 10.1 Å². The fourth-order valence-corrected chi connectivity index (χ4v) is 1.48. The Labute approximate surface area is 76.8 Å². The van der Waals surface area contributed by atoms with Gasteiger partial charge in [0.05, 0.1) is 6.07 Å². The molecule has 5 nitrogen and oxygen atoms in total. The Hall–Kier alpha value is -1.69. The average molecular weight is 196 g/mol. The highest BCUT2D eigenvalue weighted by atomic mass is 32.1. The van der Waals surface area contributed by atoms with Crippen molar-refractivity contribution in [1.82, 2.24) is 4.98 Å². The van der Waals surface area contributed by atoms with Crippen LogP contribution in [0.4, 0.5) is 5.88 Å². The number of furan rings is 1. The quantitative estimate of drug-likeness (QED) is 0.545. The number of aromatic nitrogens is 1. The number of thiazole rings is 1. The number of hydrogen-bond acceptors (Lipinski definition) is 5. The summed E-state index contributed by atoms with van der Waals surface area (Å²) in [6.07, 6.45) is 1.62. The molecule has 0 aliphatic carbocycles. The molecule has 66 valence electrons. The highest BCUT2D eigenvalue weighted by Crippen LogP contribution is 2.26. The van der Waals surface area contributed by atoms with Crippen molar-refractivity contribution in [3.05, 3.63) is 33.8 Å². The lowest BCUT2D eigenvalue weighted by Crippen LogP contribution is -1.82. The van der Waals surface area contributed by atoms with E-state index < -0.39 is 4.92 Å². The second-order valence-corrected chi connectivity index (χ2v) is 3.13. The minimum Gasteiger partial charge on any atom is -0.398 e. The molecule has 0 N–H and O–H groups in total. The van der Waals surface area contributed by atoms with E-state index in [0.29, 0.717) is 10.8 Å². The Morgan fingerprint density at radius 3 is 2.92 bits per heavy atom. The van der Waals surface area contributed by atoms with E-state index >= 15 is 0 Å². The third kappa shape index (κ3) is 1.43. The van der Waals surface area contributed by atoms with Crippen LogP contribution in [0.15, 0.2) is 28.1 Å². The number of rotatable bonds is 2. The van der Waals surface area contributed by atoms with Crippen LogP contribution in [0.2, 0.25) is 0 Å². The van der Waals surface area contributed by atoms with Gasteiger partial charge in [-0.1, -0.05) is 0 Å². The van der Waals surface area contributed by atoms with E-state index in [0.717, 1.165) is 0 Å². The van der Waals surface area contributed by atoms with Gasteiger partial charge in [0.2, 0.25) is 0 Å². The molecule has 2 aromatic rings. The predicted molar refractivity (Wildman–Crippen MR) is 46.5 cm³/mol. The van der Waals surface area contributed by atoms with Gasteiger partial charge in [-0.15, -0.1) is 11.3 Å². The average Bonchev–Trinajstić information content (AvgIpc) is 2.75. The van der Waals surface area contributed by atoms with Gasteiger partial charge in [-0.3, -0.25) is 10.1 Å². The molecule has 0 spiro atoms. The lowest BCUT2D eigenvalue weighted by molar-refractivity contribution is -0.401. The van der Waals surface area contributed by atoms with Gasteiger partial charge in [-0.2, -0.15) is 0 Å². The highest BCUT2D eigenvalue weighted by Gasteiger charge is 2.13. The Morgan fingerprint density at radius 1 is 1.54 bits per heavy atom. The van der Waals surface area contributed by atoms with Crippen LogP contribution in [0.1, 0.15) is 0 Å². The lowest BCUT2D eigenvalue weighted by atomic mass is 10.5. The molecule has 0 amide bonds. The Kier molecular flexibility index (Phi) is 1.82. The van der Waals surface area contributed by atoms with Gasteiger partial charge in [0.15, 0.2) is 10.8 Å². The zero-order valence-electron chi connectivity index (χ0n) is 6.34. The standard InChI is InChI=1S/C7H4N2O3S/c10-9(11)6-2-1-5(12-6)7-8-3-4-13-7/h1-4H. The Balaban J connectivity index is 2.39. The van der Waals surface area contributed by atoms with Crippen LogP contribution in [0.3, 0.4) is 0 Å². The molecule has 0 radical (unpaired) electrons. The van der Waals surface area contributed by atoms with Crippen LogP contribution in [0.25, 0.3) is 10.8 Å². The van der Waals surface area contributed by atoms with Gasteiger partial charge in [0.1, 0.15) is 4.92 Å². The van der Waals surface area contributed by atoms with Crippen molar-refractivity contribution < 1.29 is 9.34 Å². The minimum atomic E-state index is -0.572. The monoisotopic (exact) mass is 196 g/mol. The zero-order chi connectivity index (χ0) is 9.26. The van der Waals surface area contributed by atoms with Gasteiger partial charge < -0.3 is 4.42 Å². The smallest absolute Gasteiger partial charge is 0.398 e. The molecule has 13 heavy (non-hydrogen) atoms. The fraction of sp³-hybridized carbons (Fsp3) is 0. The first kappa shape index (κ1) is 7.93. The number of nitrogens with zero attached hydrogens (tertiary/aromatic N) is 2. The highest BCUT2D eigenvalue weighted by molar-refractivity contribution is 7.13. The summed E-state index contributed by atoms with van der Waals surface area (Å²) in [5.41, 5.74) is 0. The second kappa shape index (κ2) is 2.98. The van der Waals surface area contributed by atoms with Gasteiger partial charge in [0, 0.05) is 11.6 Å². The molecule has 0 unspecified atom stereocenters. The lowest BCUT2D eigenvalue weighted by Gasteiger charge is -1.85. The van der Waals surface area contributed by atoms with Gasteiger partial charge in [-0.25, -0.2) is 4.98 Å². The van der Waals surface area contributed by atoms with Crippen molar-refractivity contribution in [1.29, 1.82) is 0 Å². The van der Waals surface area contributed by atoms with Gasteiger partial charge in [0.25, 0.3) is 0 Å². The van der Waals surface area contributed by atoms with Crippen molar-refractivity contribution >= 4 is 17.2 Å². The molecule has 0 saturated heterocycles. The van der Waals surface area contributed by atoms with E-state index in [2.05, 4.69) is 4.98 Å². The molecule has 0 atom stereocenters. The van der Waals surface area contributed by atoms with Crippen molar-refractivity contribution in [3.8, 4) is 10.8 Å². The van der Waals surface area contributed by atoms with Crippen LogP contribution >= 0.6 is 11.3 Å². The zero-order valence-corrected chi connectivity index (χ0v) is 7.15. The summed E-state index contributed by atoms with van der Waals surface area (Å²) in [5, 5.41) is 12.7. The third-order valence-electron chi connectivity index (χ3n) is 1.41. The summed E-state index contributed by atoms with van der Waals surface area (Å²) in [4.78, 5) is 13.7. The largest absolute Gasteiger partial charge is 0.433 e. The molecule has 6 heteroatoms. The summed E-state index contributed by atoms with van der Waals surface area (Å²) in [6.45, 7) is 0. The maximum Gasteiger partial charge on any atom is 0.433 e. The van der Waals surface area contributed by atoms with E-state index in [-0.39, 0.29) is 5.88 Å². The summed E-state index contributed by atoms with van der Waals surface area (Å²) in [6, 6.07) is 2.85. The predicted octanol–water partition coefficient (Wildman–Crippen LogP) is 2.31. The molecule has 0 aliphatic heterocycles. The van der Waals surface area contributed by atoms with E-state index in [1.165, 1.54) is 23.5 Å². The fourth-order valence-electron chi connectivity index (χ4n) is 0.886. The Bertz CT molecular complexity index is 421. The molecule has 0 aliphatic rings. The second-order valence-electron chi connectivity index (χ2n) is 2.23. The maximum absolute atomic E-state index is 10.3. The van der Waals surface area contributed by atoms with Crippen LogP contribution < -0.4 is 0 Å². The summed E-state index contributed by atoms with van der Waals surface area (Å²) < 4.78 is 4.94. The van der Waals surface area contributed by atoms with Crippen molar-refractivity contribution in [2.45, 2.75) is 0 Å². The molecule has 0 saturated carbocycles. The summed E-state index contributed by atoms with van der Waals surface area (Å²) in [5.74, 6) is 0.173. The van der Waals surface area contributed by atoms with E-state index in [4.69, 9.17) is 4.42 Å². The normalized spacial score (nSPS) is 10.2. The molecule has 0 fully saturated rings. The van der Waals surface area contributed by atoms with Gasteiger partial charge in [-0.05, 0) is 6.07 Å². The van der Waals surface area contributed by atoms with Crippen molar-refractivity contribution in [2.24, 2.45) is 0 Å². The first-order valence-electron chi connectivity index (χ1n) is 3.41. The number of nitro groups is 1. The molecule has 0 bridgehead atoms. The SMILES string of the molecule is O=[N+]([O-])c1ccc(-c2nccs2)o1. The molecular formula is C7H4N2O3S. The topological polar surface area (TPSA) is 69.2 Å². The molecular weight excluding hydrogens is 192 g/mol. The summed E-state index contributed by atoms with van der Waals surface area (Å²) in [7, 11) is 0.